The number of amides is 1. The molecule has 35 heavy (non-hydrogen) atoms. The van der Waals surface area contributed by atoms with Gasteiger partial charge >= 0.3 is 6.09 Å². The van der Waals surface area contributed by atoms with E-state index < -0.39 is 12.1 Å². The van der Waals surface area contributed by atoms with Crippen LogP contribution in [-0.2, 0) is 17.8 Å². The Morgan fingerprint density at radius 3 is 2.77 bits per heavy atom. The van der Waals surface area contributed by atoms with Crippen molar-refractivity contribution in [2.45, 2.75) is 38.8 Å². The molecule has 0 saturated heterocycles. The van der Waals surface area contributed by atoms with Gasteiger partial charge in [-0.15, -0.1) is 0 Å². The Kier molecular flexibility index (Phi) is 9.98. The summed E-state index contributed by atoms with van der Waals surface area (Å²) in [5.74, 6) is 1.28. The molecule has 1 amide bonds. The summed E-state index contributed by atoms with van der Waals surface area (Å²) in [5.41, 5.74) is 5.92. The van der Waals surface area contributed by atoms with Crippen molar-refractivity contribution in [2.24, 2.45) is 10.1 Å². The van der Waals surface area contributed by atoms with Crippen molar-refractivity contribution in [1.29, 1.82) is 0 Å². The predicted octanol–water partition coefficient (Wildman–Crippen LogP) is 3.68. The largest absolute Gasteiger partial charge is 0.511 e. The molecule has 0 saturated carbocycles. The number of hydrazone groups is 1. The number of aliphatic hydroxyl groups is 1. The molecule has 0 aliphatic carbocycles. The summed E-state index contributed by atoms with van der Waals surface area (Å²) in [4.78, 5) is 16.4. The summed E-state index contributed by atoms with van der Waals surface area (Å²) in [7, 11) is 0. The summed E-state index contributed by atoms with van der Waals surface area (Å²) in [5, 5.41) is 20.0. The van der Waals surface area contributed by atoms with Crippen LogP contribution in [0.15, 0.2) is 77.0 Å². The molecule has 1 aliphatic heterocycles. The number of benzene rings is 2. The van der Waals surface area contributed by atoms with E-state index in [9.17, 15) is 9.90 Å². The van der Waals surface area contributed by atoms with Gasteiger partial charge < -0.3 is 25.2 Å². The molecule has 0 radical (unpaired) electrons. The topological polar surface area (TPSA) is 117 Å². The van der Waals surface area contributed by atoms with Crippen LogP contribution >= 0.6 is 0 Å². The fourth-order valence-corrected chi connectivity index (χ4v) is 3.32. The fourth-order valence-electron chi connectivity index (χ4n) is 3.32. The number of aliphatic imine (C=N–C) groups is 1. The zero-order chi connectivity index (χ0) is 24.9. The molecule has 0 fully saturated rings. The van der Waals surface area contributed by atoms with Gasteiger partial charge in [0.25, 0.3) is 0 Å². The van der Waals surface area contributed by atoms with Gasteiger partial charge in [0.2, 0.25) is 5.96 Å². The van der Waals surface area contributed by atoms with Crippen molar-refractivity contribution < 1.29 is 19.4 Å². The maximum absolute atomic E-state index is 12.1. The number of aryl methyl sites for hydroxylation is 1. The van der Waals surface area contributed by atoms with Crippen molar-refractivity contribution in [3.05, 3.63) is 78.1 Å². The Morgan fingerprint density at radius 1 is 1.23 bits per heavy atom. The molecule has 4 N–H and O–H groups in total. The smallest absolute Gasteiger partial charge is 0.408 e. The molecular formula is C26H33N5O4. The van der Waals surface area contributed by atoms with Crippen LogP contribution in [0.4, 0.5) is 4.79 Å². The first kappa shape index (κ1) is 25.6. The van der Waals surface area contributed by atoms with Crippen LogP contribution in [-0.4, -0.2) is 48.6 Å². The SMILES string of the molecule is C=C(O)C(CCOc1cccc(CC/C(C)=N\NC2=NCCN2)c1)NC(=O)OCc1ccccc1. The van der Waals surface area contributed by atoms with Crippen LogP contribution in [0.5, 0.6) is 5.75 Å². The van der Waals surface area contributed by atoms with Crippen molar-refractivity contribution in [2.75, 3.05) is 19.7 Å². The number of hydrogen-bond acceptors (Lipinski definition) is 8. The molecule has 0 aromatic heterocycles. The van der Waals surface area contributed by atoms with E-state index in [0.717, 1.165) is 42.8 Å². The summed E-state index contributed by atoms with van der Waals surface area (Å²) in [6.45, 7) is 7.56. The molecule has 3 rings (SSSR count). The average Bonchev–Trinajstić information content (AvgIpc) is 3.39. The average molecular weight is 480 g/mol. The quantitative estimate of drug-likeness (QED) is 0.210. The lowest BCUT2D eigenvalue weighted by Crippen LogP contribution is -2.37. The Morgan fingerprint density at radius 2 is 2.03 bits per heavy atom. The lowest BCUT2D eigenvalue weighted by Gasteiger charge is -2.18. The van der Waals surface area contributed by atoms with Gasteiger partial charge in [-0.1, -0.05) is 49.0 Å². The molecule has 0 bridgehead atoms. The van der Waals surface area contributed by atoms with Crippen molar-refractivity contribution in [1.82, 2.24) is 16.1 Å². The summed E-state index contributed by atoms with van der Waals surface area (Å²) >= 11 is 0. The number of nitrogens with zero attached hydrogens (tertiary/aromatic N) is 2. The third-order valence-corrected chi connectivity index (χ3v) is 5.28. The summed E-state index contributed by atoms with van der Waals surface area (Å²) < 4.78 is 11.1. The van der Waals surface area contributed by atoms with Gasteiger partial charge in [0.05, 0.1) is 19.2 Å². The van der Waals surface area contributed by atoms with E-state index in [1.807, 2.05) is 61.5 Å². The molecule has 1 atom stereocenters. The minimum absolute atomic E-state index is 0.145. The normalized spacial score (nSPS) is 13.9. The minimum atomic E-state index is -0.674. The first-order valence-electron chi connectivity index (χ1n) is 11.6. The predicted molar refractivity (Wildman–Crippen MR) is 137 cm³/mol. The van der Waals surface area contributed by atoms with Crippen LogP contribution in [0.2, 0.25) is 0 Å². The van der Waals surface area contributed by atoms with Gasteiger partial charge in [0.1, 0.15) is 18.1 Å². The number of alkyl carbamates (subject to hydrolysis) is 1. The van der Waals surface area contributed by atoms with E-state index >= 15 is 0 Å². The van der Waals surface area contributed by atoms with Gasteiger partial charge in [-0.2, -0.15) is 5.10 Å². The van der Waals surface area contributed by atoms with E-state index in [4.69, 9.17) is 9.47 Å². The zero-order valence-corrected chi connectivity index (χ0v) is 20.0. The molecule has 186 valence electrons. The number of carbonyl (C=O) groups is 1. The van der Waals surface area contributed by atoms with Gasteiger partial charge in [-0.05, 0) is 43.0 Å². The molecule has 1 aliphatic rings. The highest BCUT2D eigenvalue weighted by molar-refractivity contribution is 5.86. The second-order valence-corrected chi connectivity index (χ2v) is 8.15. The Labute approximate surface area is 205 Å². The molecule has 1 unspecified atom stereocenters. The van der Waals surface area contributed by atoms with Gasteiger partial charge in [-0.25, -0.2) is 15.2 Å². The number of carbonyl (C=O) groups excluding carboxylic acids is 1. The Bertz CT molecular complexity index is 1040. The van der Waals surface area contributed by atoms with Crippen LogP contribution in [0, 0.1) is 0 Å². The minimum Gasteiger partial charge on any atom is -0.511 e. The second kappa shape index (κ2) is 13.6. The number of aliphatic hydroxyl groups excluding tert-OH is 1. The van der Waals surface area contributed by atoms with Crippen molar-refractivity contribution >= 4 is 17.8 Å². The number of ether oxygens (including phenoxy) is 2. The summed E-state index contributed by atoms with van der Waals surface area (Å²) in [6, 6.07) is 16.5. The van der Waals surface area contributed by atoms with E-state index in [1.165, 1.54) is 0 Å². The monoisotopic (exact) mass is 479 g/mol. The van der Waals surface area contributed by atoms with E-state index in [1.54, 1.807) is 0 Å². The Hall–Kier alpha value is -4.01. The number of guanidine groups is 1. The maximum atomic E-state index is 12.1. The van der Waals surface area contributed by atoms with Crippen LogP contribution < -0.4 is 20.8 Å². The standard InChI is InChI=1S/C26H33N5O4/c1-19(30-31-25-27-14-15-28-25)11-12-21-9-6-10-23(17-21)34-16-13-24(20(2)32)29-26(33)35-18-22-7-4-3-5-8-22/h3-10,17,24,32H,2,11-16,18H2,1H3,(H,29,33)(H2,27,28,31)/b30-19-. The molecule has 0 spiro atoms. The zero-order valence-electron chi connectivity index (χ0n) is 20.0. The molecule has 9 heteroatoms. The molecule has 2 aromatic rings. The van der Waals surface area contributed by atoms with Crippen LogP contribution in [0.25, 0.3) is 0 Å². The summed E-state index contributed by atoms with van der Waals surface area (Å²) in [6.07, 6.45) is 1.33. The van der Waals surface area contributed by atoms with Crippen LogP contribution in [0.3, 0.4) is 0 Å². The van der Waals surface area contributed by atoms with Crippen molar-refractivity contribution in [3.8, 4) is 5.75 Å². The lowest BCUT2D eigenvalue weighted by molar-refractivity contribution is 0.132. The third kappa shape index (κ3) is 9.40. The first-order chi connectivity index (χ1) is 17.0. The Balaban J connectivity index is 1.40. The van der Waals surface area contributed by atoms with E-state index in [-0.39, 0.29) is 19.0 Å². The molecule has 2 aromatic carbocycles. The highest BCUT2D eigenvalue weighted by atomic mass is 16.5. The number of rotatable bonds is 12. The lowest BCUT2D eigenvalue weighted by atomic mass is 10.1. The molecule has 1 heterocycles. The molecular weight excluding hydrogens is 446 g/mol. The van der Waals surface area contributed by atoms with E-state index in [2.05, 4.69) is 32.7 Å². The van der Waals surface area contributed by atoms with Crippen LogP contribution in [0.1, 0.15) is 30.9 Å². The maximum Gasteiger partial charge on any atom is 0.408 e. The van der Waals surface area contributed by atoms with E-state index in [0.29, 0.717) is 18.1 Å². The third-order valence-electron chi connectivity index (χ3n) is 5.28. The number of hydrogen-bond donors (Lipinski definition) is 4. The van der Waals surface area contributed by atoms with Gasteiger partial charge in [-0.3, -0.25) is 0 Å². The van der Waals surface area contributed by atoms with Crippen molar-refractivity contribution in [3.63, 3.8) is 0 Å². The fraction of sp³-hybridized carbons (Fsp3) is 0.346. The molecule has 9 nitrogen and oxygen atoms in total. The van der Waals surface area contributed by atoms with Gasteiger partial charge in [0, 0.05) is 18.7 Å². The van der Waals surface area contributed by atoms with Gasteiger partial charge in [0.15, 0.2) is 0 Å². The first-order valence-corrected chi connectivity index (χ1v) is 11.6. The number of nitrogens with one attached hydrogen (secondary N) is 3. The second-order valence-electron chi connectivity index (χ2n) is 8.15. The highest BCUT2D eigenvalue weighted by Gasteiger charge is 2.16. The highest BCUT2D eigenvalue weighted by Crippen LogP contribution is 2.16.